The third-order valence-electron chi connectivity index (χ3n) is 4.51. The molecular weight excluding hydrogens is 348 g/mol. The molecule has 130 valence electrons. The van der Waals surface area contributed by atoms with Crippen molar-refractivity contribution in [3.8, 4) is 22.6 Å². The second kappa shape index (κ2) is 6.29. The zero-order valence-corrected chi connectivity index (χ0v) is 15.7. The maximum Gasteiger partial charge on any atom is 0.160 e. The van der Waals surface area contributed by atoms with Gasteiger partial charge in [0.1, 0.15) is 0 Å². The van der Waals surface area contributed by atoms with Crippen molar-refractivity contribution in [2.24, 2.45) is 0 Å². The summed E-state index contributed by atoms with van der Waals surface area (Å²) in [5.41, 5.74) is 2.96. The van der Waals surface area contributed by atoms with E-state index in [-0.39, 0.29) is 35.6 Å². The summed E-state index contributed by atoms with van der Waals surface area (Å²) >= 11 is 1.74. The van der Waals surface area contributed by atoms with Crippen molar-refractivity contribution in [2.75, 3.05) is 0 Å². The Balaban J connectivity index is 1.81. The van der Waals surface area contributed by atoms with E-state index in [2.05, 4.69) is 23.2 Å². The van der Waals surface area contributed by atoms with E-state index in [1.54, 1.807) is 18.3 Å². The smallest absolute Gasteiger partial charge is 0.160 e. The highest BCUT2D eigenvalue weighted by Crippen LogP contribution is 2.39. The predicted molar refractivity (Wildman–Crippen MR) is 115 cm³/mol. The van der Waals surface area contributed by atoms with Gasteiger partial charge in [-0.1, -0.05) is 54.0 Å². The van der Waals surface area contributed by atoms with Crippen molar-refractivity contribution in [3.63, 3.8) is 0 Å². The number of aryl methyl sites for hydroxylation is 1. The molecule has 0 amide bonds. The van der Waals surface area contributed by atoms with Gasteiger partial charge in [0.25, 0.3) is 0 Å². The first kappa shape index (κ1) is 12.4. The predicted octanol–water partition coefficient (Wildman–Crippen LogP) is 6.80. The lowest BCUT2D eigenvalue weighted by Gasteiger charge is -2.09. The minimum atomic E-state index is -0.207. The second-order valence-corrected chi connectivity index (χ2v) is 7.58. The van der Waals surface area contributed by atoms with Crippen LogP contribution < -0.4 is 0 Å². The Morgan fingerprint density at radius 1 is 0.926 bits per heavy atom. The molecule has 2 heterocycles. The van der Waals surface area contributed by atoms with E-state index in [4.69, 9.17) is 10.5 Å². The van der Waals surface area contributed by atoms with Gasteiger partial charge in [-0.3, -0.25) is 0 Å². The van der Waals surface area contributed by atoms with Crippen LogP contribution in [0.1, 0.15) is 16.7 Å². The highest BCUT2D eigenvalue weighted by molar-refractivity contribution is 7.25. The highest BCUT2D eigenvalue weighted by atomic mass is 32.1. The lowest BCUT2D eigenvalue weighted by atomic mass is 10.0. The molecule has 2 nitrogen and oxygen atoms in total. The fourth-order valence-corrected chi connectivity index (χ4v) is 4.49. The Morgan fingerprint density at radius 2 is 1.78 bits per heavy atom. The van der Waals surface area contributed by atoms with Gasteiger partial charge in [-0.2, -0.15) is 0 Å². The molecule has 0 unspecified atom stereocenters. The van der Waals surface area contributed by atoms with Gasteiger partial charge < -0.3 is 0 Å². The number of benzene rings is 3. The normalized spacial score (nSPS) is 13.4. The van der Waals surface area contributed by atoms with Crippen molar-refractivity contribution in [3.05, 3.63) is 84.0 Å². The lowest BCUT2D eigenvalue weighted by molar-refractivity contribution is 1.12. The van der Waals surface area contributed by atoms with Crippen LogP contribution in [0.4, 0.5) is 0 Å². The first-order valence-corrected chi connectivity index (χ1v) is 9.52. The molecule has 0 aliphatic rings. The van der Waals surface area contributed by atoms with E-state index in [1.165, 1.54) is 14.8 Å². The summed E-state index contributed by atoms with van der Waals surface area (Å²) in [6.45, 7) is 3.49. The summed E-state index contributed by atoms with van der Waals surface area (Å²) in [7, 11) is 0. The number of aromatic nitrogens is 2. The molecule has 0 saturated heterocycles. The van der Waals surface area contributed by atoms with Gasteiger partial charge in [-0.15, -0.1) is 11.3 Å². The summed E-state index contributed by atoms with van der Waals surface area (Å²) in [6.07, 6.45) is 0. The SMILES string of the molecule is [2H]c1c([2H])c(C)c([2H])c(-c2nc(C)cc(-c3cccc4sc5ccccc5c34)n2)c1[2H]. The average molecular weight is 371 g/mol. The van der Waals surface area contributed by atoms with Gasteiger partial charge in [0.2, 0.25) is 0 Å². The molecule has 0 radical (unpaired) electrons. The van der Waals surface area contributed by atoms with Gasteiger partial charge in [0, 0.05) is 37.0 Å². The van der Waals surface area contributed by atoms with E-state index in [0.717, 1.165) is 22.3 Å². The van der Waals surface area contributed by atoms with E-state index in [0.29, 0.717) is 5.56 Å². The summed E-state index contributed by atoms with van der Waals surface area (Å²) in [5, 5.41) is 2.30. The van der Waals surface area contributed by atoms with Crippen molar-refractivity contribution >= 4 is 31.5 Å². The van der Waals surface area contributed by atoms with Crippen molar-refractivity contribution in [1.29, 1.82) is 0 Å². The minimum absolute atomic E-state index is 0.0294. The topological polar surface area (TPSA) is 25.8 Å². The summed E-state index contributed by atoms with van der Waals surface area (Å²) < 4.78 is 35.3. The van der Waals surface area contributed by atoms with Gasteiger partial charge in [-0.05, 0) is 38.1 Å². The Hall–Kier alpha value is -3.04. The van der Waals surface area contributed by atoms with Crippen LogP contribution in [0.3, 0.4) is 0 Å². The van der Waals surface area contributed by atoms with E-state index >= 15 is 0 Å². The first-order chi connectivity index (χ1) is 14.9. The molecule has 0 bridgehead atoms. The molecule has 0 fully saturated rings. The van der Waals surface area contributed by atoms with E-state index in [1.807, 2.05) is 37.3 Å². The summed E-state index contributed by atoms with van der Waals surface area (Å²) in [5.74, 6) is 0.248. The molecule has 0 aliphatic carbocycles. The summed E-state index contributed by atoms with van der Waals surface area (Å²) in [6, 6.07) is 15.9. The minimum Gasteiger partial charge on any atom is -0.233 e. The molecule has 3 aromatic carbocycles. The van der Waals surface area contributed by atoms with E-state index in [9.17, 15) is 0 Å². The summed E-state index contributed by atoms with van der Waals surface area (Å²) in [4.78, 5) is 9.25. The van der Waals surface area contributed by atoms with Crippen LogP contribution in [0.2, 0.25) is 0 Å². The molecule has 0 spiro atoms. The van der Waals surface area contributed by atoms with Crippen molar-refractivity contribution in [2.45, 2.75) is 13.8 Å². The number of fused-ring (bicyclic) bond motifs is 3. The monoisotopic (exact) mass is 370 g/mol. The van der Waals surface area contributed by atoms with Gasteiger partial charge in [-0.25, -0.2) is 9.97 Å². The average Bonchev–Trinajstić information content (AvgIpc) is 3.15. The van der Waals surface area contributed by atoms with Crippen LogP contribution in [0.5, 0.6) is 0 Å². The maximum absolute atomic E-state index is 8.47. The lowest BCUT2D eigenvalue weighted by Crippen LogP contribution is -1.95. The number of hydrogen-bond acceptors (Lipinski definition) is 3. The van der Waals surface area contributed by atoms with Crippen LogP contribution in [-0.2, 0) is 0 Å². The molecular formula is C24H18N2S. The molecule has 3 heteroatoms. The maximum atomic E-state index is 8.47. The Bertz CT molecular complexity index is 1480. The zero-order valence-electron chi connectivity index (χ0n) is 18.9. The number of hydrogen-bond donors (Lipinski definition) is 0. The Morgan fingerprint density at radius 3 is 2.70 bits per heavy atom. The van der Waals surface area contributed by atoms with Crippen LogP contribution in [0.15, 0.2) is 72.7 Å². The molecule has 0 aliphatic heterocycles. The second-order valence-electron chi connectivity index (χ2n) is 6.50. The molecule has 0 saturated carbocycles. The van der Waals surface area contributed by atoms with Gasteiger partial charge in [0.05, 0.1) is 11.2 Å². The number of thiophene rings is 1. The molecule has 2 aromatic heterocycles. The zero-order chi connectivity index (χ0) is 21.9. The Kier molecular flexibility index (Phi) is 2.88. The third kappa shape index (κ3) is 2.81. The Labute approximate surface area is 167 Å². The van der Waals surface area contributed by atoms with Crippen LogP contribution in [-0.4, -0.2) is 9.97 Å². The molecule has 0 atom stereocenters. The fraction of sp³-hybridized carbons (Fsp3) is 0.0833. The standard InChI is InChI=1S/C24H18N2S/c1-15-7-5-8-17(13-15)24-25-16(2)14-20(26-24)18-10-6-12-22-23(18)19-9-3-4-11-21(19)27-22/h3-14H,1-2H3/i5D,7D,8D,13D. The number of rotatable bonds is 2. The van der Waals surface area contributed by atoms with Crippen LogP contribution >= 0.6 is 11.3 Å². The fourth-order valence-electron chi connectivity index (χ4n) is 3.36. The molecule has 27 heavy (non-hydrogen) atoms. The number of nitrogens with zero attached hydrogens (tertiary/aromatic N) is 2. The van der Waals surface area contributed by atoms with Crippen LogP contribution in [0.25, 0.3) is 42.8 Å². The van der Waals surface area contributed by atoms with Crippen LogP contribution in [0, 0.1) is 13.8 Å². The quantitative estimate of drug-likeness (QED) is 0.342. The molecule has 5 rings (SSSR count). The largest absolute Gasteiger partial charge is 0.233 e. The van der Waals surface area contributed by atoms with Crippen molar-refractivity contribution in [1.82, 2.24) is 9.97 Å². The van der Waals surface area contributed by atoms with Gasteiger partial charge in [0.15, 0.2) is 5.82 Å². The van der Waals surface area contributed by atoms with Crippen molar-refractivity contribution < 1.29 is 5.48 Å². The first-order valence-electron chi connectivity index (χ1n) is 10.7. The van der Waals surface area contributed by atoms with Gasteiger partial charge >= 0.3 is 0 Å². The molecule has 5 aromatic rings. The molecule has 0 N–H and O–H groups in total. The highest BCUT2D eigenvalue weighted by Gasteiger charge is 2.13. The third-order valence-corrected chi connectivity index (χ3v) is 5.64. The van der Waals surface area contributed by atoms with E-state index < -0.39 is 0 Å².